The van der Waals surface area contributed by atoms with E-state index < -0.39 is 0 Å². The molecule has 0 radical (unpaired) electrons. The Hall–Kier alpha value is -2.60. The van der Waals surface area contributed by atoms with Crippen LogP contribution in [-0.2, 0) is 20.1 Å². The van der Waals surface area contributed by atoms with Crippen molar-refractivity contribution < 1.29 is 9.15 Å². The van der Waals surface area contributed by atoms with Gasteiger partial charge in [-0.05, 0) is 30.7 Å². The van der Waals surface area contributed by atoms with E-state index in [1.807, 2.05) is 37.3 Å². The zero-order valence-electron chi connectivity index (χ0n) is 13.2. The molecule has 3 rings (SSSR count). The molecule has 23 heavy (non-hydrogen) atoms. The zero-order valence-corrected chi connectivity index (χ0v) is 13.2. The highest BCUT2D eigenvalue weighted by Crippen LogP contribution is 2.16. The standard InChI is InChI=1S/C17H19N3O3/c1-3-22-16-13(5-4-8-19-16)11-18-10-12-6-7-14-15(9-12)23-17(21)20(14)2/h4-9,18H,3,10-11H2,1-2H3. The van der Waals surface area contributed by atoms with Crippen molar-refractivity contribution >= 4 is 11.1 Å². The van der Waals surface area contributed by atoms with E-state index in [-0.39, 0.29) is 5.76 Å². The second-order valence-corrected chi connectivity index (χ2v) is 5.23. The summed E-state index contributed by atoms with van der Waals surface area (Å²) < 4.78 is 12.2. The molecule has 6 heteroatoms. The van der Waals surface area contributed by atoms with Gasteiger partial charge in [0, 0.05) is 31.9 Å². The van der Waals surface area contributed by atoms with E-state index in [0.29, 0.717) is 31.2 Å². The van der Waals surface area contributed by atoms with E-state index in [1.54, 1.807) is 13.2 Å². The molecule has 0 amide bonds. The fourth-order valence-electron chi connectivity index (χ4n) is 2.46. The second kappa shape index (κ2) is 6.66. The summed E-state index contributed by atoms with van der Waals surface area (Å²) in [5, 5.41) is 3.36. The Morgan fingerprint density at radius 1 is 1.30 bits per heavy atom. The third kappa shape index (κ3) is 3.27. The lowest BCUT2D eigenvalue weighted by Gasteiger charge is -2.09. The van der Waals surface area contributed by atoms with Gasteiger partial charge in [-0.1, -0.05) is 12.1 Å². The van der Waals surface area contributed by atoms with Crippen LogP contribution in [-0.4, -0.2) is 16.2 Å². The van der Waals surface area contributed by atoms with Gasteiger partial charge in [0.25, 0.3) is 0 Å². The fourth-order valence-corrected chi connectivity index (χ4v) is 2.46. The number of oxazole rings is 1. The maximum absolute atomic E-state index is 11.5. The van der Waals surface area contributed by atoms with Crippen LogP contribution in [0.4, 0.5) is 0 Å². The molecule has 3 aromatic rings. The van der Waals surface area contributed by atoms with Gasteiger partial charge in [0.2, 0.25) is 5.88 Å². The highest BCUT2D eigenvalue weighted by atomic mass is 16.5. The van der Waals surface area contributed by atoms with Crippen molar-refractivity contribution in [2.24, 2.45) is 7.05 Å². The lowest BCUT2D eigenvalue weighted by Crippen LogP contribution is -2.14. The summed E-state index contributed by atoms with van der Waals surface area (Å²) in [5.74, 6) is 0.314. The largest absolute Gasteiger partial charge is 0.478 e. The normalized spacial score (nSPS) is 11.0. The molecule has 2 heterocycles. The number of aryl methyl sites for hydroxylation is 1. The molecule has 0 aliphatic heterocycles. The summed E-state index contributed by atoms with van der Waals surface area (Å²) >= 11 is 0. The molecule has 0 saturated heterocycles. The van der Waals surface area contributed by atoms with Crippen LogP contribution in [0.15, 0.2) is 45.7 Å². The molecule has 0 atom stereocenters. The van der Waals surface area contributed by atoms with E-state index in [1.165, 1.54) is 4.57 Å². The average molecular weight is 313 g/mol. The molecule has 1 N–H and O–H groups in total. The monoisotopic (exact) mass is 313 g/mol. The van der Waals surface area contributed by atoms with Gasteiger partial charge in [-0.3, -0.25) is 4.57 Å². The number of rotatable bonds is 6. The number of pyridine rings is 1. The summed E-state index contributed by atoms with van der Waals surface area (Å²) in [7, 11) is 1.70. The summed E-state index contributed by atoms with van der Waals surface area (Å²) in [6.45, 7) is 3.84. The van der Waals surface area contributed by atoms with E-state index >= 15 is 0 Å². The summed E-state index contributed by atoms with van der Waals surface area (Å²) in [6.07, 6.45) is 1.72. The van der Waals surface area contributed by atoms with Crippen LogP contribution in [0.5, 0.6) is 5.88 Å². The van der Waals surface area contributed by atoms with Crippen molar-refractivity contribution in [1.29, 1.82) is 0 Å². The van der Waals surface area contributed by atoms with Crippen LogP contribution in [0.3, 0.4) is 0 Å². The molecular weight excluding hydrogens is 294 g/mol. The SMILES string of the molecule is CCOc1ncccc1CNCc1ccc2c(c1)oc(=O)n2C. The molecule has 2 aromatic heterocycles. The van der Waals surface area contributed by atoms with Crippen LogP contribution in [0, 0.1) is 0 Å². The molecule has 0 spiro atoms. The van der Waals surface area contributed by atoms with E-state index in [2.05, 4.69) is 10.3 Å². The van der Waals surface area contributed by atoms with Gasteiger partial charge in [-0.2, -0.15) is 0 Å². The van der Waals surface area contributed by atoms with Crippen molar-refractivity contribution in [1.82, 2.24) is 14.9 Å². The molecule has 1 aromatic carbocycles. The summed E-state index contributed by atoms with van der Waals surface area (Å²) in [6, 6.07) is 9.65. The van der Waals surface area contributed by atoms with Crippen molar-refractivity contribution in [3.05, 3.63) is 58.2 Å². The maximum atomic E-state index is 11.5. The van der Waals surface area contributed by atoms with Crippen molar-refractivity contribution in [3.8, 4) is 5.88 Å². The average Bonchev–Trinajstić information content (AvgIpc) is 2.83. The minimum Gasteiger partial charge on any atom is -0.478 e. The summed E-state index contributed by atoms with van der Waals surface area (Å²) in [4.78, 5) is 15.7. The van der Waals surface area contributed by atoms with Gasteiger partial charge in [0.1, 0.15) is 0 Å². The number of hydrogen-bond donors (Lipinski definition) is 1. The van der Waals surface area contributed by atoms with Gasteiger partial charge < -0.3 is 14.5 Å². The molecule has 0 aliphatic rings. The fraction of sp³-hybridized carbons (Fsp3) is 0.294. The molecule has 120 valence electrons. The summed E-state index contributed by atoms with van der Waals surface area (Å²) in [5.41, 5.74) is 3.47. The second-order valence-electron chi connectivity index (χ2n) is 5.23. The van der Waals surface area contributed by atoms with E-state index in [4.69, 9.17) is 9.15 Å². The van der Waals surface area contributed by atoms with Crippen LogP contribution < -0.4 is 15.8 Å². The topological polar surface area (TPSA) is 69.3 Å². The zero-order chi connectivity index (χ0) is 16.2. The number of nitrogens with one attached hydrogen (secondary N) is 1. The van der Waals surface area contributed by atoms with Crippen LogP contribution in [0.25, 0.3) is 11.1 Å². The quantitative estimate of drug-likeness (QED) is 0.755. The first kappa shape index (κ1) is 15.3. The Kier molecular flexibility index (Phi) is 4.43. The molecule has 0 unspecified atom stereocenters. The Morgan fingerprint density at radius 2 is 2.17 bits per heavy atom. The highest BCUT2D eigenvalue weighted by Gasteiger charge is 2.07. The molecule has 6 nitrogen and oxygen atoms in total. The lowest BCUT2D eigenvalue weighted by molar-refractivity contribution is 0.322. The van der Waals surface area contributed by atoms with Crippen molar-refractivity contribution in [3.63, 3.8) is 0 Å². The van der Waals surface area contributed by atoms with E-state index in [0.717, 1.165) is 16.6 Å². The third-order valence-electron chi connectivity index (χ3n) is 3.63. The Balaban J connectivity index is 1.68. The Bertz CT molecular complexity index is 867. The van der Waals surface area contributed by atoms with Gasteiger partial charge in [-0.25, -0.2) is 9.78 Å². The molecule has 0 fully saturated rings. The number of nitrogens with zero attached hydrogens (tertiary/aromatic N) is 2. The first-order chi connectivity index (χ1) is 11.2. The first-order valence-electron chi connectivity index (χ1n) is 7.55. The van der Waals surface area contributed by atoms with Gasteiger partial charge in [0.15, 0.2) is 5.58 Å². The third-order valence-corrected chi connectivity index (χ3v) is 3.63. The van der Waals surface area contributed by atoms with Crippen molar-refractivity contribution in [2.75, 3.05) is 6.61 Å². The number of hydrogen-bond acceptors (Lipinski definition) is 5. The van der Waals surface area contributed by atoms with Gasteiger partial charge in [-0.15, -0.1) is 0 Å². The van der Waals surface area contributed by atoms with Crippen LogP contribution in [0.1, 0.15) is 18.1 Å². The Morgan fingerprint density at radius 3 is 3.00 bits per heavy atom. The predicted molar refractivity (Wildman–Crippen MR) is 87.4 cm³/mol. The van der Waals surface area contributed by atoms with Gasteiger partial charge in [0.05, 0.1) is 12.1 Å². The molecule has 0 saturated carbocycles. The Labute approximate surface area is 133 Å². The van der Waals surface area contributed by atoms with E-state index in [9.17, 15) is 4.79 Å². The minimum absolute atomic E-state index is 0.346. The number of ether oxygens (including phenoxy) is 1. The van der Waals surface area contributed by atoms with Crippen LogP contribution >= 0.6 is 0 Å². The molecule has 0 bridgehead atoms. The number of fused-ring (bicyclic) bond motifs is 1. The molecular formula is C17H19N3O3. The molecule has 0 aliphatic carbocycles. The number of aromatic nitrogens is 2. The maximum Gasteiger partial charge on any atom is 0.419 e. The predicted octanol–water partition coefficient (Wildman–Crippen LogP) is 2.21. The first-order valence-corrected chi connectivity index (χ1v) is 7.55. The van der Waals surface area contributed by atoms with Gasteiger partial charge >= 0.3 is 5.76 Å². The lowest BCUT2D eigenvalue weighted by atomic mass is 10.2. The smallest absolute Gasteiger partial charge is 0.419 e. The minimum atomic E-state index is -0.346. The van der Waals surface area contributed by atoms with Crippen LogP contribution in [0.2, 0.25) is 0 Å². The number of benzene rings is 1. The highest BCUT2D eigenvalue weighted by molar-refractivity contribution is 5.73. The van der Waals surface area contributed by atoms with Crippen molar-refractivity contribution in [2.45, 2.75) is 20.0 Å².